The summed E-state index contributed by atoms with van der Waals surface area (Å²) < 4.78 is 39.1. The van der Waals surface area contributed by atoms with Crippen LogP contribution >= 0.6 is 0 Å². The number of hydrogen-bond donors (Lipinski definition) is 0. The lowest BCUT2D eigenvalue weighted by Gasteiger charge is -2.19. The summed E-state index contributed by atoms with van der Waals surface area (Å²) in [6.45, 7) is 7.74. The molecule has 0 saturated heterocycles. The van der Waals surface area contributed by atoms with Crippen molar-refractivity contribution in [2.24, 2.45) is 0 Å². The molecule has 1 aliphatic heterocycles. The van der Waals surface area contributed by atoms with Gasteiger partial charge in [-0.1, -0.05) is 52.7 Å². The van der Waals surface area contributed by atoms with E-state index in [2.05, 4.69) is 74.1 Å². The molecule has 4 rings (SSSR count). The van der Waals surface area contributed by atoms with Gasteiger partial charge in [0, 0.05) is 11.5 Å². The van der Waals surface area contributed by atoms with Gasteiger partial charge in [0.05, 0.1) is 6.61 Å². The Hall–Kier alpha value is -2.68. The number of hydrogen-bond acceptors (Lipinski definition) is 2. The van der Waals surface area contributed by atoms with Crippen LogP contribution in [0, 0.1) is 20.8 Å². The monoisotopic (exact) mass is 421 g/mol. The molecular formula is C21H24BF4N3O. The number of nitrogens with zero attached hydrogens (tertiary/aromatic N) is 3. The number of ether oxygens (including phenoxy) is 1. The quantitative estimate of drug-likeness (QED) is 0.363. The third-order valence-corrected chi connectivity index (χ3v) is 4.87. The summed E-state index contributed by atoms with van der Waals surface area (Å²) in [5, 5.41) is 4.82. The summed E-state index contributed by atoms with van der Waals surface area (Å²) in [6, 6.07) is 15.3. The molecule has 0 fully saturated rings. The van der Waals surface area contributed by atoms with E-state index in [9.17, 15) is 12.9 Å². The molecule has 0 bridgehead atoms. The zero-order valence-corrected chi connectivity index (χ0v) is 17.2. The van der Waals surface area contributed by atoms with Crippen molar-refractivity contribution in [1.29, 1.82) is 0 Å². The topological polar surface area (TPSA) is 30.9 Å². The van der Waals surface area contributed by atoms with E-state index < -0.39 is 7.54 Å². The molecule has 0 saturated carbocycles. The van der Waals surface area contributed by atoms with Crippen LogP contribution in [0.4, 0.5) is 12.9 Å². The Morgan fingerprint density at radius 2 is 1.70 bits per heavy atom. The highest BCUT2D eigenvalue weighted by atomic mass is 19.4. The van der Waals surface area contributed by atoms with E-state index in [4.69, 9.17) is 9.84 Å². The molecule has 0 N–H and O–H groups in total. The van der Waals surface area contributed by atoms with E-state index in [1.807, 2.05) is 4.68 Å². The maximum atomic E-state index is 9.67. The van der Waals surface area contributed by atoms with Crippen LogP contribution in [0.5, 0.6) is 0 Å². The van der Waals surface area contributed by atoms with Gasteiger partial charge in [-0.25, -0.2) is 4.57 Å². The third kappa shape index (κ3) is 5.69. The van der Waals surface area contributed by atoms with Gasteiger partial charge in [-0.2, -0.15) is 0 Å². The van der Waals surface area contributed by atoms with Crippen molar-refractivity contribution in [2.75, 3.05) is 6.61 Å². The number of rotatable bonds is 3. The van der Waals surface area contributed by atoms with E-state index in [0.717, 1.165) is 18.9 Å². The van der Waals surface area contributed by atoms with Crippen molar-refractivity contribution in [3.8, 4) is 5.69 Å². The Morgan fingerprint density at radius 1 is 1.10 bits per heavy atom. The lowest BCUT2D eigenvalue weighted by molar-refractivity contribution is -0.742. The number of benzene rings is 2. The van der Waals surface area contributed by atoms with Crippen molar-refractivity contribution in [2.45, 2.75) is 39.8 Å². The van der Waals surface area contributed by atoms with E-state index in [0.29, 0.717) is 6.61 Å². The fourth-order valence-electron chi connectivity index (χ4n) is 3.85. The van der Waals surface area contributed by atoms with Crippen molar-refractivity contribution in [3.63, 3.8) is 0 Å². The molecule has 0 aliphatic carbocycles. The molecule has 0 unspecified atom stereocenters. The Labute approximate surface area is 173 Å². The van der Waals surface area contributed by atoms with Gasteiger partial charge in [-0.05, 0) is 37.5 Å². The minimum atomic E-state index is -3.67. The molecule has 1 aliphatic rings. The number of aromatic nitrogens is 3. The normalized spacial score (nSPS) is 14.8. The lowest BCUT2D eigenvalue weighted by Crippen LogP contribution is -3.00. The van der Waals surface area contributed by atoms with Crippen molar-refractivity contribution in [3.05, 3.63) is 76.9 Å². The Kier molecular flexibility index (Phi) is 8.17. The lowest BCUT2D eigenvalue weighted by atomic mass is 10.1. The first-order chi connectivity index (χ1) is 13.8. The van der Waals surface area contributed by atoms with Gasteiger partial charge >= 0.3 is 13.4 Å². The average Bonchev–Trinajstić information content (AvgIpc) is 3.06. The molecule has 9 heteroatoms. The second kappa shape index (κ2) is 10.4. The minimum Gasteiger partial charge on any atom is -1.00 e. The molecule has 0 spiro atoms. The van der Waals surface area contributed by atoms with Crippen molar-refractivity contribution in [1.82, 2.24) is 9.78 Å². The first-order valence-electron chi connectivity index (χ1n) is 9.47. The van der Waals surface area contributed by atoms with E-state index in [1.54, 1.807) is 0 Å². The van der Waals surface area contributed by atoms with Crippen LogP contribution in [0.2, 0.25) is 0 Å². The largest absolute Gasteiger partial charge is 1.00 e. The molecule has 160 valence electrons. The molecule has 30 heavy (non-hydrogen) atoms. The van der Waals surface area contributed by atoms with Crippen LogP contribution in [0.3, 0.4) is 0 Å². The molecule has 2 heterocycles. The molecular weight excluding hydrogens is 397 g/mol. The average molecular weight is 421 g/mol. The second-order valence-corrected chi connectivity index (χ2v) is 7.24. The maximum absolute atomic E-state index is 9.67. The molecule has 0 amide bonds. The van der Waals surface area contributed by atoms with Gasteiger partial charge in [0.25, 0.3) is 0 Å². The number of aryl methyl sites for hydroxylation is 3. The van der Waals surface area contributed by atoms with Gasteiger partial charge in [0.1, 0.15) is 18.3 Å². The highest BCUT2D eigenvalue weighted by Crippen LogP contribution is 2.21. The zero-order valence-electron chi connectivity index (χ0n) is 17.2. The fourth-order valence-corrected chi connectivity index (χ4v) is 3.85. The predicted molar refractivity (Wildman–Crippen MR) is 106 cm³/mol. The van der Waals surface area contributed by atoms with Crippen molar-refractivity contribution >= 4 is 7.54 Å². The first kappa shape index (κ1) is 23.6. The Morgan fingerprint density at radius 3 is 2.30 bits per heavy atom. The summed E-state index contributed by atoms with van der Waals surface area (Å²) in [5.74, 6) is 0.992. The first-order valence-corrected chi connectivity index (χ1v) is 9.47. The molecule has 2 aromatic carbocycles. The summed E-state index contributed by atoms with van der Waals surface area (Å²) >= 11 is 0. The van der Waals surface area contributed by atoms with Crippen LogP contribution < -0.4 is 9.27 Å². The van der Waals surface area contributed by atoms with Crippen LogP contribution in [0.25, 0.3) is 5.69 Å². The zero-order chi connectivity index (χ0) is 21.0. The van der Waals surface area contributed by atoms with Gasteiger partial charge in [-0.15, -0.1) is 0 Å². The maximum Gasteiger partial charge on any atom is 0.762 e. The summed E-state index contributed by atoms with van der Waals surface area (Å²) in [5.41, 5.74) is 6.28. The molecule has 3 aromatic rings. The number of halogens is 4. The fraction of sp³-hybridized carbons (Fsp3) is 0.333. The molecule has 0 radical (unpaired) electrons. The van der Waals surface area contributed by atoms with Crippen molar-refractivity contribution < 1.29 is 27.0 Å². The predicted octanol–water partition coefficient (Wildman–Crippen LogP) is 1.28. The van der Waals surface area contributed by atoms with Gasteiger partial charge in [-0.3, -0.25) is 12.9 Å². The van der Waals surface area contributed by atoms with Crippen LogP contribution in [0.1, 0.15) is 34.1 Å². The summed E-state index contributed by atoms with van der Waals surface area (Å²) in [6.07, 6.45) is 3.09. The van der Waals surface area contributed by atoms with Crippen LogP contribution in [0.15, 0.2) is 48.8 Å². The van der Waals surface area contributed by atoms with Crippen LogP contribution in [-0.2, 0) is 17.8 Å². The summed E-state index contributed by atoms with van der Waals surface area (Å²) in [7, 11) is -3.67. The number of fused-ring (bicyclic) bond motifs is 1. The van der Waals surface area contributed by atoms with Crippen LogP contribution in [-0.4, -0.2) is 23.9 Å². The molecule has 1 atom stereocenters. The van der Waals surface area contributed by atoms with E-state index >= 15 is 0 Å². The van der Waals surface area contributed by atoms with E-state index in [1.165, 1.54) is 27.9 Å². The standard InChI is InChI=1S/C21H24N3O.BF3.FH/c1-15-9-16(2)21(17(3)10-15)24-14-23-19(12-25-13-20(23)22-24)11-18-7-5-4-6-8-18;2-1(3)4;/h4-10,14,19H,11-13H2,1-3H3;;1H/q+1;;/p-1/t19-;;/m0../s1. The third-order valence-electron chi connectivity index (χ3n) is 4.87. The summed E-state index contributed by atoms with van der Waals surface area (Å²) in [4.78, 5) is 0. The van der Waals surface area contributed by atoms with Gasteiger partial charge < -0.3 is 9.44 Å². The van der Waals surface area contributed by atoms with E-state index in [-0.39, 0.29) is 10.7 Å². The SMILES string of the molecule is Cc1cc(C)c(-n2c[n+]3c(n2)COC[C@@H]3Cc2ccccc2)c(C)c1.FB(F)F.[F-]. The highest BCUT2D eigenvalue weighted by Gasteiger charge is 2.30. The minimum absolute atomic E-state index is 0. The Balaban J connectivity index is 0.000000591. The Bertz CT molecular complexity index is 940. The smallest absolute Gasteiger partial charge is 0.762 e. The van der Waals surface area contributed by atoms with Gasteiger partial charge in [0.15, 0.2) is 0 Å². The second-order valence-electron chi connectivity index (χ2n) is 7.24. The molecule has 4 nitrogen and oxygen atoms in total. The molecule has 1 aromatic heterocycles. The highest BCUT2D eigenvalue weighted by molar-refractivity contribution is 6.33. The van der Waals surface area contributed by atoms with Gasteiger partial charge in [0.2, 0.25) is 6.33 Å².